The van der Waals surface area contributed by atoms with Crippen LogP contribution in [0.25, 0.3) is 0 Å². The average molecular weight is 280 g/mol. The van der Waals surface area contributed by atoms with Crippen LogP contribution in [0.15, 0.2) is 0 Å². The van der Waals surface area contributed by atoms with Crippen molar-refractivity contribution >= 4 is 0 Å². The van der Waals surface area contributed by atoms with Crippen LogP contribution >= 0.6 is 0 Å². The van der Waals surface area contributed by atoms with Crippen LogP contribution in [0.1, 0.15) is 0 Å². The fourth-order valence-electron chi connectivity index (χ4n) is 1.06. The van der Waals surface area contributed by atoms with Crippen molar-refractivity contribution in [1.82, 2.24) is 0 Å². The number of hydrogen-bond donors (Lipinski definition) is 0. The normalized spacial score (nSPS) is 39.4. The van der Waals surface area contributed by atoms with Gasteiger partial charge >= 0.3 is 30.2 Å². The molecule has 0 aromatic rings. The van der Waals surface area contributed by atoms with Crippen LogP contribution in [-0.2, 0) is 4.74 Å². The van der Waals surface area contributed by atoms with Crippen molar-refractivity contribution in [3.8, 4) is 0 Å². The summed E-state index contributed by atoms with van der Waals surface area (Å²) in [5.41, 5.74) is 0. The van der Waals surface area contributed by atoms with E-state index in [0.717, 1.165) is 0 Å². The third-order valence-corrected chi connectivity index (χ3v) is 2.04. The molecule has 1 aliphatic heterocycles. The Balaban J connectivity index is 3.34. The number of rotatable bonds is 1. The van der Waals surface area contributed by atoms with Crippen molar-refractivity contribution in [3.05, 3.63) is 0 Å². The van der Waals surface area contributed by atoms with Gasteiger partial charge in [-0.25, -0.2) is 13.2 Å². The summed E-state index contributed by atoms with van der Waals surface area (Å²) in [5.74, 6) is -18.1. The van der Waals surface area contributed by atoms with E-state index in [1.807, 2.05) is 0 Å². The molecule has 0 aliphatic carbocycles. The molecule has 0 saturated carbocycles. The first-order valence-corrected chi connectivity index (χ1v) is 3.75. The van der Waals surface area contributed by atoms with Gasteiger partial charge in [-0.2, -0.15) is 30.7 Å². The van der Waals surface area contributed by atoms with Crippen LogP contribution < -0.4 is 0 Å². The maximum absolute atomic E-state index is 12.8. The lowest BCUT2D eigenvalue weighted by atomic mass is 9.96. The molecule has 2 atom stereocenters. The monoisotopic (exact) mass is 280 g/mol. The highest BCUT2D eigenvalue weighted by Gasteiger charge is 2.85. The van der Waals surface area contributed by atoms with E-state index >= 15 is 0 Å². The first-order chi connectivity index (χ1) is 7.31. The molecule has 11 heteroatoms. The summed E-state index contributed by atoms with van der Waals surface area (Å²) in [7, 11) is 0. The van der Waals surface area contributed by atoms with E-state index in [1.165, 1.54) is 0 Å². The zero-order valence-electron chi connectivity index (χ0n) is 7.34. The molecule has 1 fully saturated rings. The topological polar surface area (TPSA) is 9.23 Å². The smallest absolute Gasteiger partial charge is 0.267 e. The zero-order chi connectivity index (χ0) is 13.9. The number of ether oxygens (including phenoxy) is 1. The quantitative estimate of drug-likeness (QED) is 0.670. The third kappa shape index (κ3) is 1.58. The molecule has 2 unspecified atom stereocenters. The molecule has 1 nitrogen and oxygen atoms in total. The highest BCUT2D eigenvalue weighted by atomic mass is 19.3. The lowest BCUT2D eigenvalue weighted by molar-refractivity contribution is -0.508. The summed E-state index contributed by atoms with van der Waals surface area (Å²) in [6.07, 6.45) is -16.2. The van der Waals surface area contributed by atoms with Gasteiger partial charge in [-0.3, -0.25) is 4.74 Å². The van der Waals surface area contributed by atoms with Crippen LogP contribution in [0.3, 0.4) is 0 Å². The maximum atomic E-state index is 12.8. The molecule has 0 radical (unpaired) electrons. The van der Waals surface area contributed by atoms with E-state index in [2.05, 4.69) is 4.74 Å². The molecule has 1 saturated heterocycles. The average Bonchev–Trinajstić information content (AvgIpc) is 2.13. The molecule has 0 spiro atoms. The molecule has 17 heavy (non-hydrogen) atoms. The van der Waals surface area contributed by atoms with E-state index in [9.17, 15) is 43.9 Å². The van der Waals surface area contributed by atoms with Crippen molar-refractivity contribution in [2.24, 2.45) is 0 Å². The Bertz CT molecular complexity index is 314. The van der Waals surface area contributed by atoms with Crippen molar-refractivity contribution < 1.29 is 48.6 Å². The van der Waals surface area contributed by atoms with Crippen LogP contribution in [0.2, 0.25) is 0 Å². The van der Waals surface area contributed by atoms with Crippen LogP contribution in [0.4, 0.5) is 43.9 Å². The molecule has 0 N–H and O–H groups in total. The predicted molar refractivity (Wildman–Crippen MR) is 30.7 cm³/mol. The Morgan fingerprint density at radius 2 is 1.24 bits per heavy atom. The van der Waals surface area contributed by atoms with Gasteiger partial charge in [0.2, 0.25) is 6.17 Å². The molecule has 0 amide bonds. The standard InChI is InChI=1S/C6H2F10O/c7-1-3(10,11)5(14,2(8)9)17-6(15,16)4(1,12)13/h1-2H. The van der Waals surface area contributed by atoms with Crippen molar-refractivity contribution in [3.63, 3.8) is 0 Å². The van der Waals surface area contributed by atoms with Gasteiger partial charge in [0.15, 0.2) is 0 Å². The lowest BCUT2D eigenvalue weighted by Crippen LogP contribution is -2.73. The summed E-state index contributed by atoms with van der Waals surface area (Å²) < 4.78 is 126. The summed E-state index contributed by atoms with van der Waals surface area (Å²) in [6.45, 7) is 0. The van der Waals surface area contributed by atoms with Gasteiger partial charge in [-0.05, 0) is 0 Å². The molecule has 1 rings (SSSR count). The van der Waals surface area contributed by atoms with Crippen molar-refractivity contribution in [1.29, 1.82) is 0 Å². The first kappa shape index (κ1) is 14.3. The lowest BCUT2D eigenvalue weighted by Gasteiger charge is -2.45. The maximum Gasteiger partial charge on any atom is 0.425 e. The fraction of sp³-hybridized carbons (Fsp3) is 1.00. The van der Waals surface area contributed by atoms with Gasteiger partial charge in [-0.15, -0.1) is 0 Å². The largest absolute Gasteiger partial charge is 0.425 e. The number of hydrogen-bond acceptors (Lipinski definition) is 1. The van der Waals surface area contributed by atoms with Gasteiger partial charge < -0.3 is 0 Å². The molecule has 0 aromatic carbocycles. The highest BCUT2D eigenvalue weighted by molar-refractivity contribution is 5.07. The minimum absolute atomic E-state index is 2.13. The van der Waals surface area contributed by atoms with Gasteiger partial charge in [0.05, 0.1) is 0 Å². The summed E-state index contributed by atoms with van der Waals surface area (Å²) in [5, 5.41) is 0. The number of halogens is 10. The Hall–Kier alpha value is -0.740. The second-order valence-electron chi connectivity index (χ2n) is 3.17. The minimum atomic E-state index is -6.14. The highest BCUT2D eigenvalue weighted by Crippen LogP contribution is 2.57. The van der Waals surface area contributed by atoms with Gasteiger partial charge in [-0.1, -0.05) is 0 Å². The van der Waals surface area contributed by atoms with E-state index in [1.54, 1.807) is 0 Å². The van der Waals surface area contributed by atoms with Gasteiger partial charge in [0.25, 0.3) is 0 Å². The van der Waals surface area contributed by atoms with E-state index in [0.29, 0.717) is 0 Å². The van der Waals surface area contributed by atoms with Crippen molar-refractivity contribution in [2.45, 2.75) is 36.4 Å². The first-order valence-electron chi connectivity index (χ1n) is 3.75. The second kappa shape index (κ2) is 3.39. The summed E-state index contributed by atoms with van der Waals surface area (Å²) in [4.78, 5) is 0. The van der Waals surface area contributed by atoms with Gasteiger partial charge in [0, 0.05) is 0 Å². The molecule has 0 bridgehead atoms. The SMILES string of the molecule is FC1C(F)(F)C(F)(F)OC(F)(C(F)F)C1(F)F. The molecule has 102 valence electrons. The summed E-state index contributed by atoms with van der Waals surface area (Å²) >= 11 is 0. The van der Waals surface area contributed by atoms with Crippen LogP contribution in [-0.4, -0.2) is 36.4 Å². The predicted octanol–water partition coefficient (Wildman–Crippen LogP) is 3.15. The van der Waals surface area contributed by atoms with Crippen LogP contribution in [0, 0.1) is 0 Å². The number of alkyl halides is 10. The van der Waals surface area contributed by atoms with E-state index < -0.39 is 36.4 Å². The Morgan fingerprint density at radius 1 is 0.824 bits per heavy atom. The van der Waals surface area contributed by atoms with E-state index in [4.69, 9.17) is 0 Å². The Labute approximate surface area is 86.3 Å². The fourth-order valence-corrected chi connectivity index (χ4v) is 1.06. The zero-order valence-corrected chi connectivity index (χ0v) is 7.34. The molecule has 0 aromatic heterocycles. The molecular weight excluding hydrogens is 278 g/mol. The Kier molecular flexibility index (Phi) is 2.85. The third-order valence-electron chi connectivity index (χ3n) is 2.04. The Morgan fingerprint density at radius 3 is 1.59 bits per heavy atom. The van der Waals surface area contributed by atoms with Crippen LogP contribution in [0.5, 0.6) is 0 Å². The molecule has 1 aliphatic rings. The minimum Gasteiger partial charge on any atom is -0.267 e. The molecular formula is C6H2F10O. The second-order valence-corrected chi connectivity index (χ2v) is 3.17. The van der Waals surface area contributed by atoms with E-state index in [-0.39, 0.29) is 0 Å². The summed E-state index contributed by atoms with van der Waals surface area (Å²) in [6, 6.07) is 0. The van der Waals surface area contributed by atoms with Crippen molar-refractivity contribution in [2.75, 3.05) is 0 Å². The molecule has 1 heterocycles. The van der Waals surface area contributed by atoms with Gasteiger partial charge in [0.1, 0.15) is 0 Å².